The van der Waals surface area contributed by atoms with Gasteiger partial charge < -0.3 is 10.6 Å². The fourth-order valence-electron chi connectivity index (χ4n) is 3.29. The summed E-state index contributed by atoms with van der Waals surface area (Å²) in [5.74, 6) is 0. The van der Waals surface area contributed by atoms with Crippen molar-refractivity contribution in [2.75, 3.05) is 39.8 Å². The van der Waals surface area contributed by atoms with E-state index in [9.17, 15) is 0 Å². The molecule has 1 unspecified atom stereocenters. The molecule has 1 aliphatic carbocycles. The molecule has 2 aliphatic rings. The zero-order chi connectivity index (χ0) is 11.6. The molecule has 0 amide bonds. The summed E-state index contributed by atoms with van der Waals surface area (Å²) in [6.07, 6.45) is 5.48. The maximum atomic E-state index is 6.01. The first-order valence-electron chi connectivity index (χ1n) is 6.78. The van der Waals surface area contributed by atoms with Gasteiger partial charge in [0.2, 0.25) is 0 Å². The van der Waals surface area contributed by atoms with Crippen LogP contribution in [0.5, 0.6) is 0 Å². The molecule has 1 atom stereocenters. The summed E-state index contributed by atoms with van der Waals surface area (Å²) >= 11 is 0. The highest BCUT2D eigenvalue weighted by atomic mass is 15.3. The predicted octanol–water partition coefficient (Wildman–Crippen LogP) is 1.14. The molecule has 1 heterocycles. The number of likely N-dealkylation sites (N-methyl/N-ethyl adjacent to an activating group) is 1. The third-order valence-electron chi connectivity index (χ3n) is 4.70. The van der Waals surface area contributed by atoms with Crippen molar-refractivity contribution in [2.24, 2.45) is 11.1 Å². The zero-order valence-corrected chi connectivity index (χ0v) is 10.9. The summed E-state index contributed by atoms with van der Waals surface area (Å²) in [5.41, 5.74) is 6.46. The van der Waals surface area contributed by atoms with Crippen LogP contribution in [0.15, 0.2) is 0 Å². The van der Waals surface area contributed by atoms with Crippen LogP contribution in [0.1, 0.15) is 32.6 Å². The van der Waals surface area contributed by atoms with E-state index in [0.29, 0.717) is 11.5 Å². The number of piperazine rings is 1. The Kier molecular flexibility index (Phi) is 3.88. The van der Waals surface area contributed by atoms with E-state index in [1.54, 1.807) is 0 Å². The first kappa shape index (κ1) is 12.3. The molecule has 2 rings (SSSR count). The molecule has 94 valence electrons. The van der Waals surface area contributed by atoms with E-state index in [4.69, 9.17) is 5.73 Å². The van der Waals surface area contributed by atoms with Crippen molar-refractivity contribution >= 4 is 0 Å². The molecule has 0 radical (unpaired) electrons. The van der Waals surface area contributed by atoms with E-state index in [0.717, 1.165) is 6.54 Å². The molecule has 16 heavy (non-hydrogen) atoms. The van der Waals surface area contributed by atoms with Crippen LogP contribution >= 0.6 is 0 Å². The zero-order valence-electron chi connectivity index (χ0n) is 10.9. The van der Waals surface area contributed by atoms with Crippen LogP contribution in [0, 0.1) is 5.41 Å². The molecule has 0 bridgehead atoms. The highest BCUT2D eigenvalue weighted by Gasteiger charge is 2.35. The summed E-state index contributed by atoms with van der Waals surface area (Å²) < 4.78 is 0. The van der Waals surface area contributed by atoms with Crippen molar-refractivity contribution in [1.82, 2.24) is 9.80 Å². The third kappa shape index (κ3) is 2.58. The topological polar surface area (TPSA) is 32.5 Å². The van der Waals surface area contributed by atoms with Gasteiger partial charge in [-0.15, -0.1) is 0 Å². The summed E-state index contributed by atoms with van der Waals surface area (Å²) in [5, 5.41) is 0. The van der Waals surface area contributed by atoms with E-state index >= 15 is 0 Å². The Morgan fingerprint density at radius 3 is 2.50 bits per heavy atom. The molecule has 2 fully saturated rings. The molecule has 3 heteroatoms. The van der Waals surface area contributed by atoms with Crippen LogP contribution in [0.4, 0.5) is 0 Å². The third-order valence-corrected chi connectivity index (χ3v) is 4.70. The summed E-state index contributed by atoms with van der Waals surface area (Å²) in [6.45, 7) is 8.11. The average Bonchev–Trinajstić information content (AvgIpc) is 2.73. The van der Waals surface area contributed by atoms with Crippen molar-refractivity contribution in [2.45, 2.75) is 38.6 Å². The first-order valence-corrected chi connectivity index (χ1v) is 6.78. The molecule has 0 aromatic rings. The molecule has 1 aliphatic heterocycles. The lowest BCUT2D eigenvalue weighted by atomic mass is 9.85. The van der Waals surface area contributed by atoms with Crippen LogP contribution in [-0.4, -0.2) is 55.6 Å². The van der Waals surface area contributed by atoms with Gasteiger partial charge in [-0.1, -0.05) is 12.8 Å². The van der Waals surface area contributed by atoms with E-state index in [1.807, 2.05) is 0 Å². The molecule has 1 saturated heterocycles. The van der Waals surface area contributed by atoms with Crippen LogP contribution in [0.25, 0.3) is 0 Å². The van der Waals surface area contributed by atoms with Crippen molar-refractivity contribution in [1.29, 1.82) is 0 Å². The van der Waals surface area contributed by atoms with E-state index in [-0.39, 0.29) is 0 Å². The summed E-state index contributed by atoms with van der Waals surface area (Å²) in [4.78, 5) is 5.10. The van der Waals surface area contributed by atoms with Crippen LogP contribution in [0.2, 0.25) is 0 Å². The fourth-order valence-corrected chi connectivity index (χ4v) is 3.29. The second-order valence-corrected chi connectivity index (χ2v) is 5.98. The summed E-state index contributed by atoms with van der Waals surface area (Å²) in [7, 11) is 2.23. The quantitative estimate of drug-likeness (QED) is 0.782. The Morgan fingerprint density at radius 1 is 1.25 bits per heavy atom. The van der Waals surface area contributed by atoms with Crippen LogP contribution in [0.3, 0.4) is 0 Å². The van der Waals surface area contributed by atoms with Gasteiger partial charge in [-0.05, 0) is 38.8 Å². The molecule has 0 spiro atoms. The molecular weight excluding hydrogens is 198 g/mol. The normalized spacial score (nSPS) is 32.1. The number of nitrogens with two attached hydrogens (primary N) is 1. The second kappa shape index (κ2) is 5.03. The van der Waals surface area contributed by atoms with Gasteiger partial charge >= 0.3 is 0 Å². The Bertz CT molecular complexity index is 223. The minimum absolute atomic E-state index is 0.454. The van der Waals surface area contributed by atoms with Gasteiger partial charge in [-0.3, -0.25) is 4.90 Å². The van der Waals surface area contributed by atoms with E-state index < -0.39 is 0 Å². The van der Waals surface area contributed by atoms with Gasteiger partial charge in [0.15, 0.2) is 0 Å². The Balaban J connectivity index is 1.89. The van der Waals surface area contributed by atoms with Gasteiger partial charge in [0.05, 0.1) is 0 Å². The molecule has 0 aromatic carbocycles. The standard InChI is InChI=1S/C13H27N3/c1-12-9-16(8-7-15(12)2)11-13(10-14)5-3-4-6-13/h12H,3-11,14H2,1-2H3. The SMILES string of the molecule is CC1CN(CC2(CN)CCCC2)CCN1C. The lowest BCUT2D eigenvalue weighted by Gasteiger charge is -2.42. The Labute approximate surface area is 100.0 Å². The van der Waals surface area contributed by atoms with Crippen molar-refractivity contribution in [3.63, 3.8) is 0 Å². The minimum atomic E-state index is 0.454. The maximum absolute atomic E-state index is 6.01. The van der Waals surface area contributed by atoms with Gasteiger partial charge in [-0.2, -0.15) is 0 Å². The lowest BCUT2D eigenvalue weighted by molar-refractivity contribution is 0.0683. The highest BCUT2D eigenvalue weighted by Crippen LogP contribution is 2.38. The van der Waals surface area contributed by atoms with E-state index in [1.165, 1.54) is 51.9 Å². The Hall–Kier alpha value is -0.120. The molecule has 2 N–H and O–H groups in total. The molecule has 0 aromatic heterocycles. The number of hydrogen-bond donors (Lipinski definition) is 1. The highest BCUT2D eigenvalue weighted by molar-refractivity contribution is 4.90. The van der Waals surface area contributed by atoms with Gasteiger partial charge in [0, 0.05) is 32.2 Å². The van der Waals surface area contributed by atoms with Crippen LogP contribution < -0.4 is 5.73 Å². The number of nitrogens with zero attached hydrogens (tertiary/aromatic N) is 2. The smallest absolute Gasteiger partial charge is 0.0192 e. The van der Waals surface area contributed by atoms with Gasteiger partial charge in [0.1, 0.15) is 0 Å². The molecule has 1 saturated carbocycles. The predicted molar refractivity (Wildman–Crippen MR) is 68.5 cm³/mol. The monoisotopic (exact) mass is 225 g/mol. The van der Waals surface area contributed by atoms with Crippen molar-refractivity contribution in [3.8, 4) is 0 Å². The fraction of sp³-hybridized carbons (Fsp3) is 1.00. The van der Waals surface area contributed by atoms with Crippen molar-refractivity contribution in [3.05, 3.63) is 0 Å². The largest absolute Gasteiger partial charge is 0.330 e. The second-order valence-electron chi connectivity index (χ2n) is 5.98. The van der Waals surface area contributed by atoms with Gasteiger partial charge in [0.25, 0.3) is 0 Å². The Morgan fingerprint density at radius 2 is 1.94 bits per heavy atom. The van der Waals surface area contributed by atoms with Gasteiger partial charge in [-0.25, -0.2) is 0 Å². The summed E-state index contributed by atoms with van der Waals surface area (Å²) in [6, 6.07) is 0.699. The average molecular weight is 225 g/mol. The number of hydrogen-bond acceptors (Lipinski definition) is 3. The number of rotatable bonds is 3. The van der Waals surface area contributed by atoms with Crippen LogP contribution in [-0.2, 0) is 0 Å². The van der Waals surface area contributed by atoms with E-state index in [2.05, 4.69) is 23.8 Å². The first-order chi connectivity index (χ1) is 7.65. The minimum Gasteiger partial charge on any atom is -0.330 e. The lowest BCUT2D eigenvalue weighted by Crippen LogP contribution is -2.53. The molecule has 3 nitrogen and oxygen atoms in total. The molecular formula is C13H27N3. The van der Waals surface area contributed by atoms with Crippen molar-refractivity contribution < 1.29 is 0 Å². The maximum Gasteiger partial charge on any atom is 0.0192 e.